The maximum atomic E-state index is 11.2. The molecule has 4 atom stereocenters. The van der Waals surface area contributed by atoms with E-state index in [-0.39, 0.29) is 6.10 Å². The monoisotopic (exact) mass is 392 g/mol. The highest BCUT2D eigenvalue weighted by molar-refractivity contribution is 5.67. The molecule has 0 saturated heterocycles. The number of aliphatic hydroxyl groups excluding tert-OH is 1. The van der Waals surface area contributed by atoms with Gasteiger partial charge in [0.1, 0.15) is 0 Å². The number of hydrogen-bond donors (Lipinski definition) is 2. The Bertz CT molecular complexity index is 466. The number of unbranched alkanes of at least 4 members (excludes halogenated alkanes) is 4. The SMILES string of the molecule is CCCCCC(O)C=CC=CCCCCC1CC(C(C)C)CCC1CC(=O)O. The van der Waals surface area contributed by atoms with Crippen LogP contribution < -0.4 is 0 Å². The van der Waals surface area contributed by atoms with Gasteiger partial charge in [-0.1, -0.05) is 77.2 Å². The van der Waals surface area contributed by atoms with Crippen LogP contribution in [-0.2, 0) is 4.79 Å². The van der Waals surface area contributed by atoms with Crippen molar-refractivity contribution < 1.29 is 15.0 Å². The normalized spacial score (nSPS) is 24.4. The minimum atomic E-state index is -0.635. The van der Waals surface area contributed by atoms with Gasteiger partial charge < -0.3 is 10.2 Å². The van der Waals surface area contributed by atoms with E-state index in [1.807, 2.05) is 18.2 Å². The minimum Gasteiger partial charge on any atom is -0.481 e. The van der Waals surface area contributed by atoms with Crippen LogP contribution in [0.5, 0.6) is 0 Å². The number of rotatable bonds is 14. The second kappa shape index (κ2) is 14.8. The van der Waals surface area contributed by atoms with E-state index >= 15 is 0 Å². The lowest BCUT2D eigenvalue weighted by atomic mass is 9.68. The number of allylic oxidation sites excluding steroid dienone is 3. The molecule has 3 nitrogen and oxygen atoms in total. The molecule has 1 aliphatic carbocycles. The highest BCUT2D eigenvalue weighted by Crippen LogP contribution is 2.41. The van der Waals surface area contributed by atoms with Gasteiger partial charge >= 0.3 is 5.97 Å². The average Bonchev–Trinajstić information content (AvgIpc) is 2.64. The Labute approximate surface area is 173 Å². The van der Waals surface area contributed by atoms with Crippen molar-refractivity contribution >= 4 is 5.97 Å². The van der Waals surface area contributed by atoms with Crippen LogP contribution in [0.15, 0.2) is 24.3 Å². The number of carboxylic acid groups (broad SMARTS) is 1. The standard InChI is InChI=1S/C25H44O3/c1-4-5-10-14-24(26)15-12-9-7-6-8-11-13-22-18-21(20(2)3)16-17-23(22)19-25(27)28/h7,9,12,15,20-24,26H,4-6,8,10-11,13-14,16-19H2,1-3H3,(H,27,28). The van der Waals surface area contributed by atoms with Gasteiger partial charge in [-0.2, -0.15) is 0 Å². The predicted octanol–water partition coefficient (Wildman–Crippen LogP) is 6.76. The van der Waals surface area contributed by atoms with Crippen molar-refractivity contribution in [1.29, 1.82) is 0 Å². The van der Waals surface area contributed by atoms with Gasteiger partial charge in [-0.3, -0.25) is 4.79 Å². The maximum absolute atomic E-state index is 11.2. The molecule has 1 rings (SSSR count). The fourth-order valence-corrected chi connectivity index (χ4v) is 4.55. The van der Waals surface area contributed by atoms with Gasteiger partial charge in [0.05, 0.1) is 6.10 Å². The smallest absolute Gasteiger partial charge is 0.303 e. The summed E-state index contributed by atoms with van der Waals surface area (Å²) in [6.45, 7) is 6.78. The van der Waals surface area contributed by atoms with Crippen LogP contribution in [0, 0.1) is 23.7 Å². The zero-order chi connectivity index (χ0) is 20.8. The lowest BCUT2D eigenvalue weighted by Crippen LogP contribution is -2.29. The topological polar surface area (TPSA) is 57.5 Å². The molecule has 28 heavy (non-hydrogen) atoms. The third-order valence-corrected chi connectivity index (χ3v) is 6.44. The summed E-state index contributed by atoms with van der Waals surface area (Å²) < 4.78 is 0. The summed E-state index contributed by atoms with van der Waals surface area (Å²) in [5, 5.41) is 19.1. The van der Waals surface area contributed by atoms with Crippen LogP contribution in [0.1, 0.15) is 97.8 Å². The molecule has 0 amide bonds. The van der Waals surface area contributed by atoms with Gasteiger partial charge in [0.2, 0.25) is 0 Å². The fraction of sp³-hybridized carbons (Fsp3) is 0.800. The zero-order valence-electron chi connectivity index (χ0n) is 18.5. The number of carbonyl (C=O) groups is 1. The van der Waals surface area contributed by atoms with Crippen molar-refractivity contribution in [2.45, 2.75) is 104 Å². The number of aliphatic hydroxyl groups is 1. The first-order valence-electron chi connectivity index (χ1n) is 11.7. The van der Waals surface area contributed by atoms with E-state index in [4.69, 9.17) is 0 Å². The van der Waals surface area contributed by atoms with Crippen LogP contribution in [0.25, 0.3) is 0 Å². The van der Waals surface area contributed by atoms with E-state index in [0.717, 1.165) is 38.0 Å². The second-order valence-electron chi connectivity index (χ2n) is 9.10. The Morgan fingerprint density at radius 3 is 2.54 bits per heavy atom. The highest BCUT2D eigenvalue weighted by atomic mass is 16.4. The molecular formula is C25H44O3. The minimum absolute atomic E-state index is 0.317. The molecule has 0 bridgehead atoms. The van der Waals surface area contributed by atoms with E-state index in [9.17, 15) is 15.0 Å². The third-order valence-electron chi connectivity index (χ3n) is 6.44. The molecule has 0 aromatic heterocycles. The molecule has 3 heteroatoms. The summed E-state index contributed by atoms with van der Waals surface area (Å²) >= 11 is 0. The van der Waals surface area contributed by atoms with Gasteiger partial charge in [0.25, 0.3) is 0 Å². The average molecular weight is 393 g/mol. The predicted molar refractivity (Wildman–Crippen MR) is 118 cm³/mol. The summed E-state index contributed by atoms with van der Waals surface area (Å²) in [6.07, 6.45) is 20.5. The zero-order valence-corrected chi connectivity index (χ0v) is 18.5. The van der Waals surface area contributed by atoms with Crippen molar-refractivity contribution in [1.82, 2.24) is 0 Å². The molecule has 0 spiro atoms. The van der Waals surface area contributed by atoms with E-state index in [1.54, 1.807) is 0 Å². The third kappa shape index (κ3) is 11.0. The van der Waals surface area contributed by atoms with Crippen LogP contribution in [0.3, 0.4) is 0 Å². The Hall–Kier alpha value is -1.09. The van der Waals surface area contributed by atoms with E-state index in [0.29, 0.717) is 24.2 Å². The molecule has 1 fully saturated rings. The summed E-state index contributed by atoms with van der Waals surface area (Å²) in [5.41, 5.74) is 0. The lowest BCUT2D eigenvalue weighted by Gasteiger charge is -2.37. The summed E-state index contributed by atoms with van der Waals surface area (Å²) in [7, 11) is 0. The molecular weight excluding hydrogens is 348 g/mol. The first kappa shape index (κ1) is 24.9. The van der Waals surface area contributed by atoms with Gasteiger partial charge in [0.15, 0.2) is 0 Å². The first-order valence-corrected chi connectivity index (χ1v) is 11.7. The van der Waals surface area contributed by atoms with Crippen LogP contribution >= 0.6 is 0 Å². The molecule has 0 aromatic carbocycles. The summed E-state index contributed by atoms with van der Waals surface area (Å²) in [5.74, 6) is 1.80. The molecule has 162 valence electrons. The Morgan fingerprint density at radius 2 is 1.86 bits per heavy atom. The number of hydrogen-bond acceptors (Lipinski definition) is 2. The first-order chi connectivity index (χ1) is 13.4. The van der Waals surface area contributed by atoms with Crippen molar-refractivity contribution in [2.24, 2.45) is 23.7 Å². The molecule has 4 unspecified atom stereocenters. The number of carboxylic acids is 1. The van der Waals surface area contributed by atoms with Crippen LogP contribution in [0.2, 0.25) is 0 Å². The number of aliphatic carboxylic acids is 1. The molecule has 0 heterocycles. The van der Waals surface area contributed by atoms with Crippen molar-refractivity contribution in [3.05, 3.63) is 24.3 Å². The highest BCUT2D eigenvalue weighted by Gasteiger charge is 2.32. The Balaban J connectivity index is 2.26. The lowest BCUT2D eigenvalue weighted by molar-refractivity contribution is -0.139. The summed E-state index contributed by atoms with van der Waals surface area (Å²) in [4.78, 5) is 11.2. The van der Waals surface area contributed by atoms with E-state index in [1.165, 1.54) is 38.5 Å². The Kier molecular flexibility index (Phi) is 13.2. The quantitative estimate of drug-likeness (QED) is 0.253. The van der Waals surface area contributed by atoms with Gasteiger partial charge in [0, 0.05) is 6.42 Å². The van der Waals surface area contributed by atoms with Crippen molar-refractivity contribution in [3.8, 4) is 0 Å². The van der Waals surface area contributed by atoms with E-state index < -0.39 is 5.97 Å². The summed E-state index contributed by atoms with van der Waals surface area (Å²) in [6, 6.07) is 0. The molecule has 1 aliphatic rings. The van der Waals surface area contributed by atoms with Crippen molar-refractivity contribution in [3.63, 3.8) is 0 Å². The second-order valence-corrected chi connectivity index (χ2v) is 9.10. The molecule has 1 saturated carbocycles. The van der Waals surface area contributed by atoms with Crippen LogP contribution in [-0.4, -0.2) is 22.3 Å². The molecule has 0 aromatic rings. The fourth-order valence-electron chi connectivity index (χ4n) is 4.55. The Morgan fingerprint density at radius 1 is 1.07 bits per heavy atom. The maximum Gasteiger partial charge on any atom is 0.303 e. The molecule has 0 aliphatic heterocycles. The van der Waals surface area contributed by atoms with E-state index in [2.05, 4.69) is 26.8 Å². The van der Waals surface area contributed by atoms with Crippen molar-refractivity contribution in [2.75, 3.05) is 0 Å². The largest absolute Gasteiger partial charge is 0.481 e. The molecule has 0 radical (unpaired) electrons. The molecule has 2 N–H and O–H groups in total. The van der Waals surface area contributed by atoms with Crippen LogP contribution in [0.4, 0.5) is 0 Å². The van der Waals surface area contributed by atoms with Gasteiger partial charge in [-0.25, -0.2) is 0 Å². The van der Waals surface area contributed by atoms with Gasteiger partial charge in [-0.05, 0) is 62.2 Å². The van der Waals surface area contributed by atoms with Gasteiger partial charge in [-0.15, -0.1) is 0 Å².